The first kappa shape index (κ1) is 26.1. The molecule has 0 unspecified atom stereocenters. The third-order valence-corrected chi connectivity index (χ3v) is 8.12. The number of ether oxygens (including phenoxy) is 1. The number of nitriles is 2. The molecule has 0 N–H and O–H groups in total. The van der Waals surface area contributed by atoms with Crippen molar-refractivity contribution in [3.05, 3.63) is 52.8 Å². The van der Waals surface area contributed by atoms with Crippen LogP contribution in [-0.2, 0) is 16.6 Å². The van der Waals surface area contributed by atoms with Crippen molar-refractivity contribution in [1.29, 1.82) is 10.5 Å². The molecule has 0 atom stereocenters. The first-order chi connectivity index (χ1) is 16.8. The van der Waals surface area contributed by atoms with E-state index in [1.165, 1.54) is 35.6 Å². The lowest BCUT2D eigenvalue weighted by molar-refractivity contribution is 0.0997. The smallest absolute Gasteiger partial charge is 0.279 e. The van der Waals surface area contributed by atoms with Gasteiger partial charge in [-0.3, -0.25) is 4.79 Å². The average molecular weight is 512 g/mol. The van der Waals surface area contributed by atoms with E-state index in [9.17, 15) is 13.2 Å². The molecule has 0 radical (unpaired) electrons. The van der Waals surface area contributed by atoms with E-state index in [4.69, 9.17) is 15.3 Å². The molecule has 0 saturated heterocycles. The van der Waals surface area contributed by atoms with Crippen molar-refractivity contribution in [1.82, 2.24) is 8.87 Å². The second-order valence-electron chi connectivity index (χ2n) is 7.35. The summed E-state index contributed by atoms with van der Waals surface area (Å²) in [7, 11) is -3.91. The van der Waals surface area contributed by atoms with Crippen LogP contribution in [0.2, 0.25) is 0 Å². The molecule has 9 nitrogen and oxygen atoms in total. The van der Waals surface area contributed by atoms with Crippen LogP contribution in [0.1, 0.15) is 37.0 Å². The summed E-state index contributed by atoms with van der Waals surface area (Å²) in [5.41, 5.74) is 1.20. The Hall–Kier alpha value is -3.51. The van der Waals surface area contributed by atoms with Crippen LogP contribution >= 0.6 is 11.3 Å². The van der Waals surface area contributed by atoms with Crippen LogP contribution in [0.4, 0.5) is 0 Å². The molecule has 1 amide bonds. The number of carbonyl (C=O) groups is 1. The number of thiazole rings is 1. The fourth-order valence-corrected chi connectivity index (χ4v) is 6.03. The summed E-state index contributed by atoms with van der Waals surface area (Å²) in [5.74, 6) is 0.260. The lowest BCUT2D eigenvalue weighted by atomic mass is 10.2. The van der Waals surface area contributed by atoms with E-state index in [-0.39, 0.29) is 36.4 Å². The first-order valence-corrected chi connectivity index (χ1v) is 13.3. The van der Waals surface area contributed by atoms with Crippen molar-refractivity contribution >= 4 is 37.5 Å². The topological polar surface area (TPSA) is 129 Å². The summed E-state index contributed by atoms with van der Waals surface area (Å²) >= 11 is 1.38. The largest absolute Gasteiger partial charge is 0.494 e. The fraction of sp³-hybridized carbons (Fsp3) is 0.333. The predicted molar refractivity (Wildman–Crippen MR) is 132 cm³/mol. The lowest BCUT2D eigenvalue weighted by Crippen LogP contribution is -2.32. The Balaban J connectivity index is 1.91. The highest BCUT2D eigenvalue weighted by molar-refractivity contribution is 7.89. The fourth-order valence-electron chi connectivity index (χ4n) is 3.47. The number of carbonyl (C=O) groups excluding carboxylic acids is 1. The molecular weight excluding hydrogens is 486 g/mol. The average Bonchev–Trinajstić information content (AvgIpc) is 3.20. The van der Waals surface area contributed by atoms with Gasteiger partial charge in [0.05, 0.1) is 33.9 Å². The second kappa shape index (κ2) is 11.8. The third-order valence-electron chi connectivity index (χ3n) is 5.16. The molecule has 1 aromatic heterocycles. The second-order valence-corrected chi connectivity index (χ2v) is 10.3. The van der Waals surface area contributed by atoms with Crippen LogP contribution in [0.15, 0.2) is 52.4 Å². The minimum Gasteiger partial charge on any atom is -0.494 e. The zero-order valence-corrected chi connectivity index (χ0v) is 21.1. The van der Waals surface area contributed by atoms with Gasteiger partial charge in [0.2, 0.25) is 10.0 Å². The monoisotopic (exact) mass is 511 g/mol. The molecule has 0 aliphatic carbocycles. The van der Waals surface area contributed by atoms with E-state index in [1.807, 2.05) is 48.8 Å². The summed E-state index contributed by atoms with van der Waals surface area (Å²) < 4.78 is 35.5. The maximum absolute atomic E-state index is 13.0. The van der Waals surface area contributed by atoms with Crippen molar-refractivity contribution in [2.45, 2.75) is 38.1 Å². The standard InChI is InChI=1S/C24H25N5O4S2/c1-3-29-21-12-9-19(33-4-2)17-22(21)34-24(29)27-23(30)18-7-10-20(11-8-18)35(31,32)28(15-5-13-25)16-6-14-26/h7-12,17H,3-6,15-16H2,1-2H3. The van der Waals surface area contributed by atoms with Gasteiger partial charge in [0.25, 0.3) is 5.91 Å². The van der Waals surface area contributed by atoms with Crippen molar-refractivity contribution < 1.29 is 17.9 Å². The number of hydrogen-bond acceptors (Lipinski definition) is 7. The van der Waals surface area contributed by atoms with Crippen LogP contribution in [0.3, 0.4) is 0 Å². The number of benzene rings is 2. The van der Waals surface area contributed by atoms with Gasteiger partial charge in [0, 0.05) is 38.0 Å². The molecule has 11 heteroatoms. The number of rotatable bonds is 10. The molecule has 0 fully saturated rings. The Morgan fingerprint density at radius 2 is 1.74 bits per heavy atom. The van der Waals surface area contributed by atoms with Gasteiger partial charge >= 0.3 is 0 Å². The van der Waals surface area contributed by atoms with Crippen LogP contribution in [0.25, 0.3) is 10.2 Å². The van der Waals surface area contributed by atoms with Gasteiger partial charge in [0.15, 0.2) is 4.80 Å². The van der Waals surface area contributed by atoms with Gasteiger partial charge in [0.1, 0.15) is 5.75 Å². The first-order valence-electron chi connectivity index (χ1n) is 11.0. The van der Waals surface area contributed by atoms with Gasteiger partial charge in [-0.25, -0.2) is 8.42 Å². The normalized spacial score (nSPS) is 12.0. The summed E-state index contributed by atoms with van der Waals surface area (Å²) in [6.45, 7) is 5.04. The molecule has 0 aliphatic heterocycles. The number of hydrogen-bond donors (Lipinski definition) is 0. The molecule has 3 aromatic rings. The Morgan fingerprint density at radius 3 is 2.31 bits per heavy atom. The molecule has 3 rings (SSSR count). The Bertz CT molecular complexity index is 1440. The molecule has 0 aliphatic rings. The van der Waals surface area contributed by atoms with Crippen LogP contribution < -0.4 is 9.54 Å². The zero-order valence-electron chi connectivity index (χ0n) is 19.5. The van der Waals surface area contributed by atoms with E-state index < -0.39 is 15.9 Å². The van der Waals surface area contributed by atoms with Crippen LogP contribution in [0, 0.1) is 22.7 Å². The van der Waals surface area contributed by atoms with Crippen molar-refractivity contribution in [3.8, 4) is 17.9 Å². The maximum atomic E-state index is 13.0. The minimum atomic E-state index is -3.91. The molecule has 182 valence electrons. The van der Waals surface area contributed by atoms with E-state index >= 15 is 0 Å². The Labute approximate surface area is 208 Å². The quantitative estimate of drug-likeness (QED) is 0.408. The number of aromatic nitrogens is 1. The van der Waals surface area contributed by atoms with Crippen molar-refractivity contribution in [2.75, 3.05) is 19.7 Å². The highest BCUT2D eigenvalue weighted by atomic mass is 32.2. The van der Waals surface area contributed by atoms with Crippen molar-refractivity contribution in [2.24, 2.45) is 4.99 Å². The van der Waals surface area contributed by atoms with Gasteiger partial charge < -0.3 is 9.30 Å². The van der Waals surface area contributed by atoms with E-state index in [2.05, 4.69) is 4.99 Å². The third kappa shape index (κ3) is 5.95. The summed E-state index contributed by atoms with van der Waals surface area (Å²) in [6.07, 6.45) is 0.0253. The Morgan fingerprint density at radius 1 is 1.09 bits per heavy atom. The molecule has 0 bridgehead atoms. The van der Waals surface area contributed by atoms with Gasteiger partial charge in [-0.1, -0.05) is 11.3 Å². The summed E-state index contributed by atoms with van der Waals surface area (Å²) in [4.78, 5) is 17.7. The molecule has 0 spiro atoms. The molecule has 35 heavy (non-hydrogen) atoms. The molecule has 1 heterocycles. The predicted octanol–water partition coefficient (Wildman–Crippen LogP) is 3.68. The molecule has 0 saturated carbocycles. The number of nitrogens with zero attached hydrogens (tertiary/aromatic N) is 5. The SMILES string of the molecule is CCOc1ccc2c(c1)sc(=NC(=O)c1ccc(S(=O)(=O)N(CCC#N)CCC#N)cc1)n2CC. The Kier molecular flexibility index (Phi) is 8.77. The van der Waals surface area contributed by atoms with Gasteiger partial charge in [-0.05, 0) is 56.3 Å². The lowest BCUT2D eigenvalue weighted by Gasteiger charge is -2.20. The van der Waals surface area contributed by atoms with Gasteiger partial charge in [-0.2, -0.15) is 19.8 Å². The number of fused-ring (bicyclic) bond motifs is 1. The highest BCUT2D eigenvalue weighted by Crippen LogP contribution is 2.24. The van der Waals surface area contributed by atoms with Gasteiger partial charge in [-0.15, -0.1) is 0 Å². The number of aryl methyl sites for hydroxylation is 1. The number of sulfonamides is 1. The zero-order chi connectivity index (χ0) is 25.4. The van der Waals surface area contributed by atoms with Crippen molar-refractivity contribution in [3.63, 3.8) is 0 Å². The van der Waals surface area contributed by atoms with E-state index in [1.54, 1.807) is 0 Å². The van der Waals surface area contributed by atoms with Crippen LogP contribution in [0.5, 0.6) is 5.75 Å². The summed E-state index contributed by atoms with van der Waals surface area (Å²) in [6, 6.07) is 15.1. The van der Waals surface area contributed by atoms with E-state index in [0.29, 0.717) is 18.0 Å². The number of amides is 1. The van der Waals surface area contributed by atoms with Crippen LogP contribution in [-0.4, -0.2) is 42.9 Å². The summed E-state index contributed by atoms with van der Waals surface area (Å²) in [5, 5.41) is 17.7. The molecule has 2 aromatic carbocycles. The minimum absolute atomic E-state index is 0.00943. The highest BCUT2D eigenvalue weighted by Gasteiger charge is 2.24. The maximum Gasteiger partial charge on any atom is 0.279 e. The van der Waals surface area contributed by atoms with E-state index in [0.717, 1.165) is 20.3 Å². The molecular formula is C24H25N5O4S2.